The summed E-state index contributed by atoms with van der Waals surface area (Å²) in [6.07, 6.45) is 3.53. The molecule has 174 valence electrons. The second kappa shape index (κ2) is 10.5. The maximum Gasteiger partial charge on any atom is 0.233 e. The molecule has 0 bridgehead atoms. The van der Waals surface area contributed by atoms with Crippen LogP contribution in [0.4, 0.5) is 0 Å². The highest BCUT2D eigenvalue weighted by atomic mass is 32.2. The maximum atomic E-state index is 13.0. The summed E-state index contributed by atoms with van der Waals surface area (Å²) in [5.74, 6) is 1.20. The van der Waals surface area contributed by atoms with E-state index < -0.39 is 0 Å². The molecule has 9 heteroatoms. The van der Waals surface area contributed by atoms with Crippen molar-refractivity contribution in [2.45, 2.75) is 18.6 Å². The van der Waals surface area contributed by atoms with Crippen molar-refractivity contribution in [1.82, 2.24) is 29.5 Å². The summed E-state index contributed by atoms with van der Waals surface area (Å²) < 4.78 is 2.03. The van der Waals surface area contributed by atoms with Gasteiger partial charge in [0.05, 0.1) is 11.4 Å². The second-order valence-electron chi connectivity index (χ2n) is 8.19. The molecule has 0 unspecified atom stereocenters. The summed E-state index contributed by atoms with van der Waals surface area (Å²) in [6.45, 7) is 6.35. The Morgan fingerprint density at radius 1 is 1.03 bits per heavy atom. The summed E-state index contributed by atoms with van der Waals surface area (Å²) >= 11 is 3.22. The number of benzene rings is 1. The molecule has 0 spiro atoms. The number of carbonyl (C=O) groups is 1. The quantitative estimate of drug-likeness (QED) is 0.363. The maximum absolute atomic E-state index is 13.0. The fourth-order valence-corrected chi connectivity index (χ4v) is 5.67. The van der Waals surface area contributed by atoms with E-state index in [1.165, 1.54) is 16.6 Å². The first-order valence-corrected chi connectivity index (χ1v) is 13.1. The van der Waals surface area contributed by atoms with Crippen LogP contribution >= 0.6 is 23.1 Å². The molecule has 0 radical (unpaired) electrons. The monoisotopic (exact) mass is 490 g/mol. The number of amides is 1. The molecule has 4 heterocycles. The largest absolute Gasteiger partial charge is 0.339 e. The molecule has 7 nitrogen and oxygen atoms in total. The zero-order chi connectivity index (χ0) is 23.3. The Kier molecular flexibility index (Phi) is 7.03. The van der Waals surface area contributed by atoms with Crippen molar-refractivity contribution in [3.05, 3.63) is 76.7 Å². The van der Waals surface area contributed by atoms with Crippen LogP contribution in [0.15, 0.2) is 71.5 Å². The van der Waals surface area contributed by atoms with E-state index in [4.69, 9.17) is 0 Å². The molecule has 1 saturated heterocycles. The third-order valence-corrected chi connectivity index (χ3v) is 7.69. The van der Waals surface area contributed by atoms with E-state index in [-0.39, 0.29) is 5.91 Å². The zero-order valence-corrected chi connectivity index (χ0v) is 20.6. The molecule has 1 fully saturated rings. The van der Waals surface area contributed by atoms with Crippen LogP contribution in [-0.4, -0.2) is 67.4 Å². The molecule has 1 aromatic carbocycles. The van der Waals surface area contributed by atoms with Crippen LogP contribution in [-0.2, 0) is 11.3 Å². The number of aryl methyl sites for hydroxylation is 1. The molecule has 0 atom stereocenters. The van der Waals surface area contributed by atoms with Gasteiger partial charge in [0.2, 0.25) is 5.91 Å². The Morgan fingerprint density at radius 3 is 2.62 bits per heavy atom. The van der Waals surface area contributed by atoms with Gasteiger partial charge in [0.25, 0.3) is 0 Å². The second-order valence-corrected chi connectivity index (χ2v) is 10.2. The van der Waals surface area contributed by atoms with Crippen LogP contribution in [0.1, 0.15) is 10.4 Å². The van der Waals surface area contributed by atoms with Crippen LogP contribution in [0.3, 0.4) is 0 Å². The number of piperazine rings is 1. The third kappa shape index (κ3) is 5.06. The van der Waals surface area contributed by atoms with Crippen molar-refractivity contribution in [3.63, 3.8) is 0 Å². The van der Waals surface area contributed by atoms with Gasteiger partial charge in [-0.15, -0.1) is 21.5 Å². The lowest BCUT2D eigenvalue weighted by atomic mass is 10.2. The van der Waals surface area contributed by atoms with Crippen molar-refractivity contribution in [2.75, 3.05) is 31.9 Å². The molecule has 1 amide bonds. The van der Waals surface area contributed by atoms with Crippen LogP contribution in [0.5, 0.6) is 0 Å². The number of thioether (sulfide) groups is 1. The predicted molar refractivity (Wildman–Crippen MR) is 136 cm³/mol. The molecule has 1 aliphatic rings. The van der Waals surface area contributed by atoms with E-state index in [9.17, 15) is 4.79 Å². The smallest absolute Gasteiger partial charge is 0.233 e. The molecule has 0 aliphatic carbocycles. The Morgan fingerprint density at radius 2 is 1.88 bits per heavy atom. The minimum atomic E-state index is 0.142. The first-order valence-electron chi connectivity index (χ1n) is 11.3. The van der Waals surface area contributed by atoms with E-state index >= 15 is 0 Å². The minimum Gasteiger partial charge on any atom is -0.339 e. The van der Waals surface area contributed by atoms with Gasteiger partial charge in [0.1, 0.15) is 0 Å². The number of carbonyl (C=O) groups excluding carboxylic acids is 1. The fourth-order valence-electron chi connectivity index (χ4n) is 4.07. The number of hydrogen-bond acceptors (Lipinski definition) is 7. The SMILES string of the molecule is Cc1ccccc1-n1c(SCC(=O)N2CCN(Cc3cccs3)CC2)nnc1-c1cccnc1. The van der Waals surface area contributed by atoms with Gasteiger partial charge < -0.3 is 4.90 Å². The Bertz CT molecular complexity index is 1230. The zero-order valence-electron chi connectivity index (χ0n) is 19.0. The molecular formula is C25H26N6OS2. The van der Waals surface area contributed by atoms with Crippen LogP contribution in [0.25, 0.3) is 17.1 Å². The van der Waals surface area contributed by atoms with Crippen LogP contribution in [0, 0.1) is 6.92 Å². The first-order chi connectivity index (χ1) is 16.7. The fraction of sp³-hybridized carbons (Fsp3) is 0.280. The Balaban J connectivity index is 1.28. The minimum absolute atomic E-state index is 0.142. The summed E-state index contributed by atoms with van der Waals surface area (Å²) in [4.78, 5) is 23.0. The normalized spacial score (nSPS) is 14.4. The summed E-state index contributed by atoms with van der Waals surface area (Å²) in [5, 5.41) is 11.7. The molecule has 1 aliphatic heterocycles. The predicted octanol–water partition coefficient (Wildman–Crippen LogP) is 4.14. The number of hydrogen-bond donors (Lipinski definition) is 0. The van der Waals surface area contributed by atoms with Gasteiger partial charge in [-0.3, -0.25) is 19.2 Å². The molecule has 0 N–H and O–H groups in total. The van der Waals surface area contributed by atoms with Gasteiger partial charge in [0.15, 0.2) is 11.0 Å². The highest BCUT2D eigenvalue weighted by Crippen LogP contribution is 2.29. The summed E-state index contributed by atoms with van der Waals surface area (Å²) in [5.41, 5.74) is 3.00. The Hall–Kier alpha value is -3.01. The molecule has 34 heavy (non-hydrogen) atoms. The van der Waals surface area contributed by atoms with Crippen LogP contribution in [0.2, 0.25) is 0 Å². The van der Waals surface area contributed by atoms with Crippen molar-refractivity contribution >= 4 is 29.0 Å². The van der Waals surface area contributed by atoms with Gasteiger partial charge in [-0.25, -0.2) is 0 Å². The van der Waals surface area contributed by atoms with Crippen molar-refractivity contribution < 1.29 is 4.79 Å². The Labute approximate surface area is 207 Å². The molecule has 3 aromatic heterocycles. The van der Waals surface area contributed by atoms with E-state index in [1.54, 1.807) is 23.7 Å². The molecule has 4 aromatic rings. The van der Waals surface area contributed by atoms with Gasteiger partial charge in [-0.2, -0.15) is 0 Å². The van der Waals surface area contributed by atoms with Crippen molar-refractivity contribution in [3.8, 4) is 17.1 Å². The summed E-state index contributed by atoms with van der Waals surface area (Å²) in [7, 11) is 0. The van der Waals surface area contributed by atoms with Crippen LogP contribution < -0.4 is 0 Å². The highest BCUT2D eigenvalue weighted by Gasteiger charge is 2.23. The lowest BCUT2D eigenvalue weighted by molar-refractivity contribution is -0.130. The number of para-hydroxylation sites is 1. The lowest BCUT2D eigenvalue weighted by Crippen LogP contribution is -2.48. The van der Waals surface area contributed by atoms with E-state index in [0.717, 1.165) is 55.4 Å². The van der Waals surface area contributed by atoms with Crippen molar-refractivity contribution in [1.29, 1.82) is 0 Å². The molecule has 5 rings (SSSR count). The third-order valence-electron chi connectivity index (χ3n) is 5.92. The molecular weight excluding hydrogens is 464 g/mol. The van der Waals surface area contributed by atoms with E-state index in [0.29, 0.717) is 10.9 Å². The standard InChI is InChI=1S/C25H26N6OS2/c1-19-6-2-3-9-22(19)31-24(20-7-4-10-26-16-20)27-28-25(31)34-18-23(32)30-13-11-29(12-14-30)17-21-8-5-15-33-21/h2-10,15-16H,11-14,17-18H2,1H3. The number of pyridine rings is 1. The van der Waals surface area contributed by atoms with Gasteiger partial charge in [-0.1, -0.05) is 36.0 Å². The number of aromatic nitrogens is 4. The number of rotatable bonds is 7. The van der Waals surface area contributed by atoms with E-state index in [2.05, 4.69) is 56.7 Å². The summed E-state index contributed by atoms with van der Waals surface area (Å²) in [6, 6.07) is 16.3. The average molecular weight is 491 g/mol. The molecule has 0 saturated carbocycles. The highest BCUT2D eigenvalue weighted by molar-refractivity contribution is 7.99. The lowest BCUT2D eigenvalue weighted by Gasteiger charge is -2.34. The van der Waals surface area contributed by atoms with E-state index in [1.807, 2.05) is 33.7 Å². The number of nitrogens with zero attached hydrogens (tertiary/aromatic N) is 6. The topological polar surface area (TPSA) is 67.2 Å². The van der Waals surface area contributed by atoms with Gasteiger partial charge >= 0.3 is 0 Å². The number of thiophene rings is 1. The first kappa shape index (κ1) is 22.8. The van der Waals surface area contributed by atoms with Gasteiger partial charge in [-0.05, 0) is 42.1 Å². The van der Waals surface area contributed by atoms with Crippen molar-refractivity contribution in [2.24, 2.45) is 0 Å². The van der Waals surface area contributed by atoms with Gasteiger partial charge in [0, 0.05) is 55.6 Å². The average Bonchev–Trinajstić information content (AvgIpc) is 3.54.